The molecule has 2 rings (SSSR count). The number of hydrogen-bond acceptors (Lipinski definition) is 3. The number of hydrogen-bond donors (Lipinski definition) is 0. The predicted octanol–water partition coefficient (Wildman–Crippen LogP) is 1.13. The molecule has 0 aromatic heterocycles. The van der Waals surface area contributed by atoms with E-state index in [9.17, 15) is 4.79 Å². The monoisotopic (exact) mass is 218 g/mol. The predicted molar refractivity (Wildman–Crippen MR) is 61.9 cm³/mol. The lowest BCUT2D eigenvalue weighted by molar-refractivity contribution is -0.160. The highest BCUT2D eigenvalue weighted by molar-refractivity contribution is 6.43. The van der Waals surface area contributed by atoms with Crippen molar-refractivity contribution in [1.29, 1.82) is 0 Å². The van der Waals surface area contributed by atoms with Crippen LogP contribution in [0.1, 0.15) is 0 Å². The fourth-order valence-electron chi connectivity index (χ4n) is 1.70. The first-order valence-electron chi connectivity index (χ1n) is 5.15. The Balaban J connectivity index is 2.17. The second-order valence-electron chi connectivity index (χ2n) is 3.70. The van der Waals surface area contributed by atoms with Crippen molar-refractivity contribution in [2.45, 2.75) is 6.04 Å². The van der Waals surface area contributed by atoms with Crippen LogP contribution in [0.25, 0.3) is 0 Å². The molecule has 1 amide bonds. The topological polar surface area (TPSA) is 41.9 Å². The van der Waals surface area contributed by atoms with E-state index in [-0.39, 0.29) is 17.9 Å². The van der Waals surface area contributed by atoms with Crippen LogP contribution in [-0.4, -0.2) is 36.9 Å². The summed E-state index contributed by atoms with van der Waals surface area (Å²) in [7, 11) is 3.03. The molecule has 1 aliphatic carbocycles. The maximum atomic E-state index is 11.8. The van der Waals surface area contributed by atoms with Crippen molar-refractivity contribution >= 4 is 11.6 Å². The molecule has 0 bridgehead atoms. The van der Waals surface area contributed by atoms with Gasteiger partial charge in [-0.15, -0.1) is 0 Å². The summed E-state index contributed by atoms with van der Waals surface area (Å²) in [6.45, 7) is 0. The number of carbonyl (C=O) groups is 1. The molecule has 0 fully saturated rings. The smallest absolute Gasteiger partial charge is 0.274 e. The Morgan fingerprint density at radius 3 is 2.88 bits per heavy atom. The van der Waals surface area contributed by atoms with Crippen LogP contribution in [0.15, 0.2) is 41.4 Å². The van der Waals surface area contributed by atoms with Crippen LogP contribution < -0.4 is 0 Å². The van der Waals surface area contributed by atoms with Gasteiger partial charge < -0.3 is 0 Å². The van der Waals surface area contributed by atoms with E-state index >= 15 is 0 Å². The Labute approximate surface area is 94.6 Å². The minimum absolute atomic E-state index is 0.0409. The molecule has 0 saturated heterocycles. The van der Waals surface area contributed by atoms with E-state index in [0.717, 1.165) is 0 Å². The second kappa shape index (κ2) is 4.45. The van der Waals surface area contributed by atoms with Gasteiger partial charge in [0.15, 0.2) is 0 Å². The summed E-state index contributed by atoms with van der Waals surface area (Å²) < 4.78 is 0. The molecule has 0 N–H and O–H groups in total. The Hall–Kier alpha value is -1.68. The summed E-state index contributed by atoms with van der Waals surface area (Å²) in [5.74, 6) is 0.0505. The van der Waals surface area contributed by atoms with E-state index in [2.05, 4.69) is 11.1 Å². The molecule has 1 aliphatic heterocycles. The fraction of sp³-hybridized carbons (Fsp3) is 0.333. The van der Waals surface area contributed by atoms with Gasteiger partial charge >= 0.3 is 0 Å². The first kappa shape index (κ1) is 10.8. The number of hydroxylamine groups is 2. The number of dihydropyridines is 1. The van der Waals surface area contributed by atoms with Gasteiger partial charge in [-0.25, -0.2) is 5.06 Å². The highest BCUT2D eigenvalue weighted by atomic mass is 16.7. The van der Waals surface area contributed by atoms with E-state index in [4.69, 9.17) is 4.84 Å². The highest BCUT2D eigenvalue weighted by Crippen LogP contribution is 2.21. The fourth-order valence-corrected chi connectivity index (χ4v) is 1.70. The highest BCUT2D eigenvalue weighted by Gasteiger charge is 2.23. The number of amides is 1. The van der Waals surface area contributed by atoms with Gasteiger partial charge in [0, 0.05) is 13.0 Å². The number of rotatable bonds is 2. The summed E-state index contributed by atoms with van der Waals surface area (Å²) in [4.78, 5) is 21.0. The van der Waals surface area contributed by atoms with Crippen molar-refractivity contribution in [2.24, 2.45) is 10.9 Å². The lowest BCUT2D eigenvalue weighted by Crippen LogP contribution is -2.34. The zero-order chi connectivity index (χ0) is 11.5. The average molecular weight is 218 g/mol. The largest absolute Gasteiger partial charge is 0.295 e. The average Bonchev–Trinajstić information content (AvgIpc) is 2.36. The molecule has 0 aromatic carbocycles. The van der Waals surface area contributed by atoms with Crippen molar-refractivity contribution < 1.29 is 9.63 Å². The molecule has 1 heterocycles. The summed E-state index contributed by atoms with van der Waals surface area (Å²) in [5, 5.41) is 1.17. The van der Waals surface area contributed by atoms with Gasteiger partial charge in [0.05, 0.1) is 13.2 Å². The van der Waals surface area contributed by atoms with Crippen LogP contribution in [0.4, 0.5) is 0 Å². The maximum Gasteiger partial charge on any atom is 0.295 e. The summed E-state index contributed by atoms with van der Waals surface area (Å²) in [5.41, 5.74) is 0.436. The van der Waals surface area contributed by atoms with Gasteiger partial charge in [-0.1, -0.05) is 30.4 Å². The van der Waals surface area contributed by atoms with Gasteiger partial charge in [0.1, 0.15) is 5.71 Å². The number of nitrogens with zero attached hydrogens (tertiary/aromatic N) is 2. The Morgan fingerprint density at radius 1 is 1.38 bits per heavy atom. The summed E-state index contributed by atoms with van der Waals surface area (Å²) in [6, 6.07) is 0.0409. The Morgan fingerprint density at radius 2 is 2.12 bits per heavy atom. The molecule has 0 saturated carbocycles. The van der Waals surface area contributed by atoms with Crippen molar-refractivity contribution in [2.75, 3.05) is 14.2 Å². The van der Waals surface area contributed by atoms with Crippen LogP contribution >= 0.6 is 0 Å². The molecular weight excluding hydrogens is 204 g/mol. The van der Waals surface area contributed by atoms with Gasteiger partial charge in [-0.2, -0.15) is 0 Å². The summed E-state index contributed by atoms with van der Waals surface area (Å²) >= 11 is 0. The van der Waals surface area contributed by atoms with Gasteiger partial charge in [-0.05, 0) is 6.08 Å². The summed E-state index contributed by atoms with van der Waals surface area (Å²) in [6.07, 6.45) is 11.8. The molecule has 4 heteroatoms. The molecule has 2 aliphatic rings. The SMILES string of the molecule is CON(C)C(=O)C1=NC2C=CC=CC2C=C1. The molecule has 2 unspecified atom stereocenters. The molecular formula is C12H14N2O2. The lowest BCUT2D eigenvalue weighted by Gasteiger charge is -2.23. The molecule has 16 heavy (non-hydrogen) atoms. The number of carbonyl (C=O) groups excluding carboxylic acids is 1. The van der Waals surface area contributed by atoms with Gasteiger partial charge in [0.2, 0.25) is 0 Å². The van der Waals surface area contributed by atoms with E-state index in [1.807, 2.05) is 24.3 Å². The van der Waals surface area contributed by atoms with Gasteiger partial charge in [-0.3, -0.25) is 14.6 Å². The molecule has 4 nitrogen and oxygen atoms in total. The van der Waals surface area contributed by atoms with E-state index < -0.39 is 0 Å². The number of allylic oxidation sites excluding steroid dienone is 2. The third-order valence-electron chi connectivity index (χ3n) is 2.69. The molecule has 2 atom stereocenters. The van der Waals surface area contributed by atoms with Crippen molar-refractivity contribution in [3.05, 3.63) is 36.5 Å². The second-order valence-corrected chi connectivity index (χ2v) is 3.70. The van der Waals surface area contributed by atoms with Crippen molar-refractivity contribution in [1.82, 2.24) is 5.06 Å². The zero-order valence-electron chi connectivity index (χ0n) is 9.33. The van der Waals surface area contributed by atoms with Crippen LogP contribution in [0, 0.1) is 5.92 Å². The maximum absolute atomic E-state index is 11.8. The van der Waals surface area contributed by atoms with Crippen molar-refractivity contribution in [3.8, 4) is 0 Å². The molecule has 0 aromatic rings. The van der Waals surface area contributed by atoms with Crippen LogP contribution in [0.3, 0.4) is 0 Å². The van der Waals surface area contributed by atoms with Crippen molar-refractivity contribution in [3.63, 3.8) is 0 Å². The lowest BCUT2D eigenvalue weighted by atomic mass is 9.92. The minimum Gasteiger partial charge on any atom is -0.274 e. The molecule has 0 radical (unpaired) electrons. The molecule has 84 valence electrons. The number of fused-ring (bicyclic) bond motifs is 1. The van der Waals surface area contributed by atoms with Crippen LogP contribution in [0.2, 0.25) is 0 Å². The first-order chi connectivity index (χ1) is 7.72. The minimum atomic E-state index is -0.222. The number of aliphatic imine (C=N–C) groups is 1. The van der Waals surface area contributed by atoms with E-state index in [1.54, 1.807) is 13.1 Å². The Bertz CT molecular complexity index is 407. The third-order valence-corrected chi connectivity index (χ3v) is 2.69. The van der Waals surface area contributed by atoms with E-state index in [1.165, 1.54) is 12.2 Å². The quantitative estimate of drug-likeness (QED) is 0.652. The van der Waals surface area contributed by atoms with Gasteiger partial charge in [0.25, 0.3) is 5.91 Å². The third kappa shape index (κ3) is 1.97. The normalized spacial score (nSPS) is 26.2. The molecule has 0 spiro atoms. The van der Waals surface area contributed by atoms with Crippen LogP contribution in [0.5, 0.6) is 0 Å². The van der Waals surface area contributed by atoms with Crippen LogP contribution in [-0.2, 0) is 9.63 Å². The standard InChI is InChI=1S/C12H14N2O2/c1-14(16-2)12(15)11-8-7-9-5-3-4-6-10(9)13-11/h3-10H,1-2H3. The zero-order valence-corrected chi connectivity index (χ0v) is 9.33. The first-order valence-corrected chi connectivity index (χ1v) is 5.15. The Kier molecular flexibility index (Phi) is 3.01. The van der Waals surface area contributed by atoms with E-state index in [0.29, 0.717) is 5.71 Å².